The fourth-order valence-corrected chi connectivity index (χ4v) is 5.30. The van der Waals surface area contributed by atoms with E-state index < -0.39 is 14.7 Å². The van der Waals surface area contributed by atoms with Crippen molar-refractivity contribution in [1.29, 1.82) is 5.26 Å². The number of nitriles is 1. The van der Waals surface area contributed by atoms with Crippen molar-refractivity contribution in [2.24, 2.45) is 0 Å². The molecule has 6 nitrogen and oxygen atoms in total. The molecule has 0 aliphatic heterocycles. The maximum atomic E-state index is 12.9. The summed E-state index contributed by atoms with van der Waals surface area (Å²) >= 11 is 13.0. The number of hydrogen-bond donors (Lipinski definition) is 0. The van der Waals surface area contributed by atoms with Crippen molar-refractivity contribution in [3.8, 4) is 6.07 Å². The zero-order chi connectivity index (χ0) is 21.9. The summed E-state index contributed by atoms with van der Waals surface area (Å²) in [6, 6.07) is 14.6. The molecule has 0 aliphatic rings. The highest BCUT2D eigenvalue weighted by molar-refractivity contribution is 7.95. The van der Waals surface area contributed by atoms with E-state index in [1.807, 2.05) is 6.07 Å². The number of carbonyl (C=O) groups is 1. The van der Waals surface area contributed by atoms with Crippen molar-refractivity contribution in [3.63, 3.8) is 0 Å². The Kier molecular flexibility index (Phi) is 6.58. The van der Waals surface area contributed by atoms with Gasteiger partial charge in [-0.3, -0.25) is 9.69 Å². The second-order valence-corrected chi connectivity index (χ2v) is 9.51. The van der Waals surface area contributed by atoms with Crippen LogP contribution < -0.4 is 4.90 Å². The van der Waals surface area contributed by atoms with Crippen LogP contribution in [0, 0.1) is 11.3 Å². The van der Waals surface area contributed by atoms with E-state index in [9.17, 15) is 18.5 Å². The lowest BCUT2D eigenvalue weighted by atomic mass is 10.3. The minimum Gasteiger partial charge on any atom is -0.274 e. The second kappa shape index (κ2) is 8.98. The average molecular weight is 478 g/mol. The molecule has 0 aliphatic carbocycles. The molecule has 0 fully saturated rings. The molecule has 2 aromatic carbocycles. The van der Waals surface area contributed by atoms with Crippen molar-refractivity contribution < 1.29 is 13.2 Å². The first-order valence-corrected chi connectivity index (χ1v) is 11.5. The number of aromatic nitrogens is 1. The first-order valence-electron chi connectivity index (χ1n) is 8.37. The molecule has 3 rings (SSSR count). The third-order valence-electron chi connectivity index (χ3n) is 3.89. The summed E-state index contributed by atoms with van der Waals surface area (Å²) in [6.07, 6.45) is 1.13. The van der Waals surface area contributed by atoms with E-state index in [4.69, 9.17) is 23.2 Å². The van der Waals surface area contributed by atoms with Gasteiger partial charge in [0.1, 0.15) is 6.07 Å². The number of sulfone groups is 1. The van der Waals surface area contributed by atoms with Crippen LogP contribution in [0.15, 0.2) is 63.7 Å². The first kappa shape index (κ1) is 22.0. The second-order valence-electron chi connectivity index (χ2n) is 5.94. The summed E-state index contributed by atoms with van der Waals surface area (Å²) in [5, 5.41) is 11.5. The maximum Gasteiger partial charge on any atom is 0.230 e. The topological polar surface area (TPSA) is 91.1 Å². The Morgan fingerprint density at radius 1 is 1.20 bits per heavy atom. The lowest BCUT2D eigenvalue weighted by Crippen LogP contribution is -2.22. The van der Waals surface area contributed by atoms with Crippen LogP contribution in [0.4, 0.5) is 10.8 Å². The minimum atomic E-state index is -4.21. The van der Waals surface area contributed by atoms with E-state index >= 15 is 0 Å². The molecule has 10 heteroatoms. The molecule has 0 unspecified atom stereocenters. The van der Waals surface area contributed by atoms with Crippen molar-refractivity contribution in [3.05, 3.63) is 74.6 Å². The summed E-state index contributed by atoms with van der Waals surface area (Å²) in [6.45, 7) is 1.40. The van der Waals surface area contributed by atoms with E-state index in [1.54, 1.807) is 35.7 Å². The monoisotopic (exact) mass is 477 g/mol. The van der Waals surface area contributed by atoms with Gasteiger partial charge in [0.2, 0.25) is 15.7 Å². The van der Waals surface area contributed by atoms with E-state index in [0.717, 1.165) is 17.4 Å². The Bertz CT molecular complexity index is 1280. The highest BCUT2D eigenvalue weighted by Gasteiger charge is 2.25. The van der Waals surface area contributed by atoms with E-state index in [-0.39, 0.29) is 26.5 Å². The smallest absolute Gasteiger partial charge is 0.230 e. The van der Waals surface area contributed by atoms with Crippen molar-refractivity contribution >= 4 is 67.2 Å². The Morgan fingerprint density at radius 3 is 2.53 bits per heavy atom. The molecule has 0 spiro atoms. The summed E-state index contributed by atoms with van der Waals surface area (Å²) in [7, 11) is -4.21. The number of para-hydroxylation sites is 1. The van der Waals surface area contributed by atoms with Crippen LogP contribution in [0.25, 0.3) is 6.08 Å². The van der Waals surface area contributed by atoms with Crippen LogP contribution in [-0.4, -0.2) is 19.3 Å². The molecule has 0 N–H and O–H groups in total. The minimum absolute atomic E-state index is 0.0497. The number of anilines is 2. The van der Waals surface area contributed by atoms with Gasteiger partial charge < -0.3 is 0 Å². The van der Waals surface area contributed by atoms with Gasteiger partial charge in [-0.2, -0.15) is 5.26 Å². The molecule has 0 bridgehead atoms. The van der Waals surface area contributed by atoms with E-state index in [0.29, 0.717) is 10.8 Å². The van der Waals surface area contributed by atoms with Gasteiger partial charge in [-0.05, 0) is 36.4 Å². The van der Waals surface area contributed by atoms with Gasteiger partial charge >= 0.3 is 0 Å². The third kappa shape index (κ3) is 4.55. The Morgan fingerprint density at radius 2 is 1.90 bits per heavy atom. The fraction of sp³-hybridized carbons (Fsp3) is 0.0500. The van der Waals surface area contributed by atoms with Crippen molar-refractivity contribution in [2.75, 3.05) is 4.90 Å². The molecule has 0 saturated carbocycles. The molecule has 0 atom stereocenters. The zero-order valence-electron chi connectivity index (χ0n) is 15.4. The SMILES string of the molecule is CC(=O)N(c1ccccc1)c1nc(/C=C(/C#N)S(=O)(=O)c2cc(Cl)ccc2Cl)cs1. The zero-order valence-corrected chi connectivity index (χ0v) is 18.6. The molecule has 0 radical (unpaired) electrons. The van der Waals surface area contributed by atoms with Gasteiger partial charge in [0.15, 0.2) is 10.0 Å². The van der Waals surface area contributed by atoms with E-state index in [1.165, 1.54) is 30.0 Å². The van der Waals surface area contributed by atoms with Crippen LogP contribution in [-0.2, 0) is 14.6 Å². The molecule has 152 valence electrons. The van der Waals surface area contributed by atoms with Gasteiger partial charge in [-0.25, -0.2) is 13.4 Å². The van der Waals surface area contributed by atoms with Gasteiger partial charge in [0.05, 0.1) is 21.3 Å². The highest BCUT2D eigenvalue weighted by atomic mass is 35.5. The molecule has 1 aromatic heterocycles. The molecular weight excluding hydrogens is 465 g/mol. The molecule has 1 heterocycles. The molecule has 0 saturated heterocycles. The normalized spacial score (nSPS) is 11.7. The van der Waals surface area contributed by atoms with E-state index in [2.05, 4.69) is 4.98 Å². The fourth-order valence-electron chi connectivity index (χ4n) is 2.56. The largest absolute Gasteiger partial charge is 0.274 e. The Labute approximate surface area is 187 Å². The van der Waals surface area contributed by atoms with Crippen LogP contribution in [0.5, 0.6) is 0 Å². The van der Waals surface area contributed by atoms with Crippen molar-refractivity contribution in [2.45, 2.75) is 11.8 Å². The summed E-state index contributed by atoms with van der Waals surface area (Å²) < 4.78 is 25.8. The molecule has 30 heavy (non-hydrogen) atoms. The number of hydrogen-bond acceptors (Lipinski definition) is 6. The number of amides is 1. The van der Waals surface area contributed by atoms with Gasteiger partial charge in [0, 0.05) is 17.3 Å². The van der Waals surface area contributed by atoms with Crippen LogP contribution in [0.2, 0.25) is 10.0 Å². The van der Waals surface area contributed by atoms with Crippen LogP contribution >= 0.6 is 34.5 Å². The summed E-state index contributed by atoms with van der Waals surface area (Å²) in [5.41, 5.74) is 0.837. The number of nitrogens with zero attached hydrogens (tertiary/aromatic N) is 3. The third-order valence-corrected chi connectivity index (χ3v) is 7.12. The Hall–Kier alpha value is -2.70. The van der Waals surface area contributed by atoms with Crippen LogP contribution in [0.3, 0.4) is 0 Å². The van der Waals surface area contributed by atoms with Gasteiger partial charge in [0.25, 0.3) is 0 Å². The quantitative estimate of drug-likeness (QED) is 0.454. The number of thiazole rings is 1. The number of allylic oxidation sites excluding steroid dienone is 1. The van der Waals surface area contributed by atoms with Crippen molar-refractivity contribution in [1.82, 2.24) is 4.98 Å². The standard InChI is InChI=1S/C20H13Cl2N3O3S2/c1-13(26)25(16-5-3-2-4-6-16)20-24-15(12-29-20)10-17(11-23)30(27,28)19-9-14(21)7-8-18(19)22/h2-10,12H,1H3/b17-10-. The maximum absolute atomic E-state index is 12.9. The number of halogens is 2. The molecular formula is C20H13Cl2N3O3S2. The van der Waals surface area contributed by atoms with Gasteiger partial charge in [-0.1, -0.05) is 41.4 Å². The predicted molar refractivity (Wildman–Crippen MR) is 119 cm³/mol. The summed E-state index contributed by atoms with van der Waals surface area (Å²) in [4.78, 5) is 17.1. The summed E-state index contributed by atoms with van der Waals surface area (Å²) in [5.74, 6) is -0.259. The van der Waals surface area contributed by atoms with Gasteiger partial charge in [-0.15, -0.1) is 11.3 Å². The number of carbonyl (C=O) groups excluding carboxylic acids is 1. The first-order chi connectivity index (χ1) is 14.2. The Balaban J connectivity index is 2.02. The van der Waals surface area contributed by atoms with Crippen LogP contribution in [0.1, 0.15) is 12.6 Å². The number of benzene rings is 2. The highest BCUT2D eigenvalue weighted by Crippen LogP contribution is 2.32. The number of rotatable bonds is 5. The average Bonchev–Trinajstić information content (AvgIpc) is 3.16. The molecule has 3 aromatic rings. The molecule has 1 amide bonds. The lowest BCUT2D eigenvalue weighted by molar-refractivity contribution is -0.115. The predicted octanol–water partition coefficient (Wildman–Crippen LogP) is 5.47. The lowest BCUT2D eigenvalue weighted by Gasteiger charge is -2.17.